The van der Waals surface area contributed by atoms with E-state index in [1.807, 2.05) is 0 Å². The van der Waals surface area contributed by atoms with Gasteiger partial charge in [0, 0.05) is 12.5 Å². The highest BCUT2D eigenvalue weighted by Crippen LogP contribution is 2.43. The maximum Gasteiger partial charge on any atom is 0.343 e. The van der Waals surface area contributed by atoms with Crippen LogP contribution in [0.25, 0.3) is 0 Å². The Kier molecular flexibility index (Phi) is 20.8. The topological polar surface area (TPSA) is 196 Å². The minimum atomic E-state index is -1.29. The van der Waals surface area contributed by atoms with Crippen LogP contribution >= 0.6 is 15.9 Å². The van der Waals surface area contributed by atoms with Crippen molar-refractivity contribution in [2.45, 2.75) is 96.8 Å². The van der Waals surface area contributed by atoms with Crippen LogP contribution in [0.15, 0.2) is 47.0 Å². The van der Waals surface area contributed by atoms with E-state index in [9.17, 15) is 24.0 Å². The number of halogens is 1. The third-order valence-electron chi connectivity index (χ3n) is 8.11. The number of allylic oxidation sites excluding steroid dienone is 2. The summed E-state index contributed by atoms with van der Waals surface area (Å²) in [4.78, 5) is 51.1. The van der Waals surface area contributed by atoms with Crippen molar-refractivity contribution in [3.8, 4) is 5.75 Å². The summed E-state index contributed by atoms with van der Waals surface area (Å²) in [7, 11) is 0. The smallest absolute Gasteiger partial charge is 0.343 e. The molecule has 1 aromatic rings. The SMILES string of the molecule is CCCCCCCCOc1ccc(C(=O)O)cc1.O=C(O)/C=C(/Br)C(=O)O.O=C(O)C1CC2C=CC1C2.O=C(O)CC1CCCCC1. The highest BCUT2D eigenvalue weighted by atomic mass is 79.9. The molecule has 1 aromatic carbocycles. The molecule has 2 saturated carbocycles. The summed E-state index contributed by atoms with van der Waals surface area (Å²) in [6.45, 7) is 2.92. The minimum absolute atomic E-state index is 0.0741. The molecule has 0 heterocycles. The zero-order chi connectivity index (χ0) is 35.2. The summed E-state index contributed by atoms with van der Waals surface area (Å²) in [5.41, 5.74) is 0.293. The standard InChI is InChI=1S/C15H22O3.C8H10O2.C8H14O2.C4H3BrO4/c1-2-3-4-5-6-7-12-18-14-10-8-13(9-11-14)15(16)17;9-8(10)7-4-5-1-2-6(7)3-5;9-8(10)6-7-4-2-1-3-5-7;5-2(4(8)9)1-3(6)7/h8-11H,2-7,12H2,1H3,(H,16,17);1-2,5-7H,3-4H2,(H,9,10);7H,1-6H2,(H,9,10);1H,(H,6,7)(H,8,9)/b;;;2-1+. The summed E-state index contributed by atoms with van der Waals surface area (Å²) in [6.07, 6.45) is 20.6. The molecule has 47 heavy (non-hydrogen) atoms. The quantitative estimate of drug-likeness (QED) is 0.0711. The van der Waals surface area contributed by atoms with Gasteiger partial charge in [-0.1, -0.05) is 70.4 Å². The predicted octanol–water partition coefficient (Wildman–Crippen LogP) is 7.88. The van der Waals surface area contributed by atoms with Crippen LogP contribution in [-0.2, 0) is 19.2 Å². The van der Waals surface area contributed by atoms with E-state index in [4.69, 9.17) is 30.3 Å². The Bertz CT molecular complexity index is 1190. The first-order valence-corrected chi connectivity index (χ1v) is 17.1. The molecule has 4 rings (SSSR count). The van der Waals surface area contributed by atoms with Crippen molar-refractivity contribution in [1.82, 2.24) is 0 Å². The number of fused-ring (bicyclic) bond motifs is 2. The third-order valence-corrected chi connectivity index (χ3v) is 8.67. The average molecular weight is 726 g/mol. The summed E-state index contributed by atoms with van der Waals surface area (Å²) in [5, 5.41) is 41.9. The van der Waals surface area contributed by atoms with Gasteiger partial charge in [-0.05, 0) is 90.1 Å². The Morgan fingerprint density at radius 3 is 1.87 bits per heavy atom. The molecule has 0 radical (unpaired) electrons. The minimum Gasteiger partial charge on any atom is -0.494 e. The van der Waals surface area contributed by atoms with Crippen molar-refractivity contribution in [3.63, 3.8) is 0 Å². The van der Waals surface area contributed by atoms with E-state index in [1.165, 1.54) is 51.4 Å². The lowest BCUT2D eigenvalue weighted by Crippen LogP contribution is -2.17. The second-order valence-electron chi connectivity index (χ2n) is 11.9. The number of carboxylic acids is 5. The molecule has 0 amide bonds. The van der Waals surface area contributed by atoms with Crippen molar-refractivity contribution in [2.24, 2.45) is 23.7 Å². The van der Waals surface area contributed by atoms with Gasteiger partial charge in [-0.3, -0.25) is 9.59 Å². The van der Waals surface area contributed by atoms with Gasteiger partial charge in [0.1, 0.15) is 10.2 Å². The predicted molar refractivity (Wildman–Crippen MR) is 180 cm³/mol. The van der Waals surface area contributed by atoms with E-state index in [0.29, 0.717) is 42.4 Å². The van der Waals surface area contributed by atoms with E-state index in [0.717, 1.165) is 37.9 Å². The van der Waals surface area contributed by atoms with Crippen LogP contribution in [0.5, 0.6) is 5.75 Å². The molecule has 2 fully saturated rings. The average Bonchev–Trinajstić information content (AvgIpc) is 3.66. The summed E-state index contributed by atoms with van der Waals surface area (Å²) < 4.78 is 5.19. The molecule has 12 heteroatoms. The Morgan fingerprint density at radius 2 is 1.45 bits per heavy atom. The van der Waals surface area contributed by atoms with Gasteiger partial charge in [0.15, 0.2) is 0 Å². The molecule has 5 N–H and O–H groups in total. The van der Waals surface area contributed by atoms with Gasteiger partial charge in [0.25, 0.3) is 0 Å². The number of benzene rings is 1. The third kappa shape index (κ3) is 18.9. The molecule has 3 unspecified atom stereocenters. The van der Waals surface area contributed by atoms with Crippen molar-refractivity contribution in [1.29, 1.82) is 0 Å². The Labute approximate surface area is 284 Å². The Balaban J connectivity index is 0.000000329. The largest absolute Gasteiger partial charge is 0.494 e. The lowest BCUT2D eigenvalue weighted by molar-refractivity contribution is -0.142. The normalized spacial score (nSPS) is 19.5. The monoisotopic (exact) mass is 724 g/mol. The second-order valence-corrected chi connectivity index (χ2v) is 12.8. The van der Waals surface area contributed by atoms with Crippen molar-refractivity contribution in [3.05, 3.63) is 52.5 Å². The molecule has 11 nitrogen and oxygen atoms in total. The number of carboxylic acid groups (broad SMARTS) is 5. The Morgan fingerprint density at radius 1 is 0.830 bits per heavy atom. The van der Waals surface area contributed by atoms with E-state index in [1.54, 1.807) is 24.3 Å². The van der Waals surface area contributed by atoms with Crippen LogP contribution in [0.3, 0.4) is 0 Å². The van der Waals surface area contributed by atoms with Crippen molar-refractivity contribution in [2.75, 3.05) is 6.61 Å². The maximum absolute atomic E-state index is 10.7. The first-order valence-electron chi connectivity index (χ1n) is 16.3. The van der Waals surface area contributed by atoms with Crippen LogP contribution in [0.4, 0.5) is 0 Å². The number of carbonyl (C=O) groups is 5. The molecule has 262 valence electrons. The lowest BCUT2D eigenvalue weighted by atomic mass is 9.87. The van der Waals surface area contributed by atoms with E-state index >= 15 is 0 Å². The van der Waals surface area contributed by atoms with Crippen molar-refractivity contribution < 1.29 is 54.2 Å². The van der Waals surface area contributed by atoms with E-state index < -0.39 is 29.8 Å². The molecule has 0 spiro atoms. The molecule has 2 bridgehead atoms. The van der Waals surface area contributed by atoms with Gasteiger partial charge in [-0.15, -0.1) is 0 Å². The fraction of sp³-hybridized carbons (Fsp3) is 0.571. The highest BCUT2D eigenvalue weighted by Gasteiger charge is 2.39. The maximum atomic E-state index is 10.7. The van der Waals surface area contributed by atoms with Gasteiger partial charge in [0.2, 0.25) is 0 Å². The van der Waals surface area contributed by atoms with Crippen molar-refractivity contribution >= 4 is 45.8 Å². The molecule has 0 aromatic heterocycles. The molecule has 3 atom stereocenters. The van der Waals surface area contributed by atoms with Gasteiger partial charge in [-0.2, -0.15) is 0 Å². The van der Waals surface area contributed by atoms with Gasteiger partial charge in [0.05, 0.1) is 18.1 Å². The number of aliphatic carboxylic acids is 4. The molecule has 0 saturated heterocycles. The molecule has 3 aliphatic carbocycles. The summed E-state index contributed by atoms with van der Waals surface area (Å²) in [6, 6.07) is 6.55. The first kappa shape index (κ1) is 41.4. The second kappa shape index (κ2) is 23.6. The molecule has 0 aliphatic heterocycles. The fourth-order valence-electron chi connectivity index (χ4n) is 5.64. The number of rotatable bonds is 14. The van der Waals surface area contributed by atoms with Gasteiger partial charge >= 0.3 is 29.8 Å². The molecular formula is C35H49BrO11. The van der Waals surface area contributed by atoms with E-state index in [2.05, 4.69) is 35.0 Å². The first-order chi connectivity index (χ1) is 22.3. The number of ether oxygens (including phenoxy) is 1. The zero-order valence-electron chi connectivity index (χ0n) is 27.0. The zero-order valence-corrected chi connectivity index (χ0v) is 28.6. The van der Waals surface area contributed by atoms with Crippen LogP contribution in [0.2, 0.25) is 0 Å². The van der Waals surface area contributed by atoms with Gasteiger partial charge in [-0.25, -0.2) is 14.4 Å². The summed E-state index contributed by atoms with van der Waals surface area (Å²) >= 11 is 2.52. The highest BCUT2D eigenvalue weighted by molar-refractivity contribution is 9.12. The van der Waals surface area contributed by atoms with E-state index in [-0.39, 0.29) is 10.4 Å². The molecule has 3 aliphatic rings. The number of aromatic carboxylic acids is 1. The lowest BCUT2D eigenvalue weighted by Gasteiger charge is -2.18. The van der Waals surface area contributed by atoms with Crippen LogP contribution < -0.4 is 4.74 Å². The van der Waals surface area contributed by atoms with Gasteiger partial charge < -0.3 is 30.3 Å². The number of hydrogen-bond acceptors (Lipinski definition) is 6. The Hall–Kier alpha value is -3.67. The van der Waals surface area contributed by atoms with Crippen LogP contribution in [0, 0.1) is 23.7 Å². The van der Waals surface area contributed by atoms with Crippen LogP contribution in [0.1, 0.15) is 107 Å². The summed E-state index contributed by atoms with van der Waals surface area (Å²) in [5.74, 6) is -2.66. The number of unbranched alkanes of at least 4 members (excludes halogenated alkanes) is 5. The fourth-order valence-corrected chi connectivity index (χ4v) is 5.84. The molecular weight excluding hydrogens is 676 g/mol. The van der Waals surface area contributed by atoms with Crippen LogP contribution in [-0.4, -0.2) is 62.0 Å². The number of hydrogen-bond donors (Lipinski definition) is 5.